The van der Waals surface area contributed by atoms with Crippen LogP contribution in [0.5, 0.6) is 0 Å². The van der Waals surface area contributed by atoms with E-state index in [9.17, 15) is 23.3 Å². The molecule has 2 heterocycles. The number of carboxylic acid groups (broad SMARTS) is 1. The molecular weight excluding hydrogens is 348 g/mol. The summed E-state index contributed by atoms with van der Waals surface area (Å²) in [5, 5.41) is 19.6. The second kappa shape index (κ2) is 5.85. The molecule has 1 atom stereocenters. The number of nitrogens with zero attached hydrogens (tertiary/aromatic N) is 2. The maximum Gasteiger partial charge on any atom is 0.334 e. The Kier molecular flexibility index (Phi) is 4.49. The third-order valence-corrected chi connectivity index (χ3v) is 6.39. The molecule has 0 radical (unpaired) electrons. The maximum absolute atomic E-state index is 12.4. The molecule has 0 spiro atoms. The molecule has 21 heavy (non-hydrogen) atoms. The summed E-state index contributed by atoms with van der Waals surface area (Å²) >= 11 is 6.20. The second-order valence-electron chi connectivity index (χ2n) is 4.04. The number of sulfonamides is 1. The Morgan fingerprint density at radius 3 is 2.81 bits per heavy atom. The Balaban J connectivity index is 2.31. The van der Waals surface area contributed by atoms with Crippen LogP contribution in [0.25, 0.3) is 0 Å². The molecule has 0 aromatic carbocycles. The molecule has 1 N–H and O–H groups in total. The van der Waals surface area contributed by atoms with Gasteiger partial charge in [0, 0.05) is 12.6 Å². The predicted molar refractivity (Wildman–Crippen MR) is 72.1 cm³/mol. The van der Waals surface area contributed by atoms with Crippen LogP contribution >= 0.6 is 22.9 Å². The van der Waals surface area contributed by atoms with Crippen molar-refractivity contribution in [1.29, 1.82) is 0 Å². The largest absolute Gasteiger partial charge is 0.479 e. The van der Waals surface area contributed by atoms with Crippen LogP contribution in [0.3, 0.4) is 0 Å². The van der Waals surface area contributed by atoms with Crippen LogP contribution in [-0.4, -0.2) is 54.5 Å². The van der Waals surface area contributed by atoms with E-state index in [4.69, 9.17) is 21.4 Å². The highest BCUT2D eigenvalue weighted by Gasteiger charge is 2.36. The van der Waals surface area contributed by atoms with Gasteiger partial charge in [-0.15, -0.1) is 11.3 Å². The molecule has 1 saturated heterocycles. The summed E-state index contributed by atoms with van der Waals surface area (Å²) in [5.74, 6) is -1.27. The average molecular weight is 357 g/mol. The van der Waals surface area contributed by atoms with Crippen molar-refractivity contribution in [3.63, 3.8) is 0 Å². The zero-order chi connectivity index (χ0) is 15.8. The number of carboxylic acids is 1. The molecule has 1 aliphatic heterocycles. The van der Waals surface area contributed by atoms with Crippen LogP contribution in [0.4, 0.5) is 5.69 Å². The molecule has 12 heteroatoms. The van der Waals surface area contributed by atoms with Gasteiger partial charge in [0.05, 0.1) is 18.1 Å². The Morgan fingerprint density at radius 2 is 2.29 bits per heavy atom. The lowest BCUT2D eigenvalue weighted by Gasteiger charge is -2.29. The monoisotopic (exact) mass is 356 g/mol. The molecule has 0 bridgehead atoms. The number of nitro groups is 1. The van der Waals surface area contributed by atoms with Crippen LogP contribution in [0.15, 0.2) is 10.3 Å². The van der Waals surface area contributed by atoms with E-state index in [0.717, 1.165) is 10.4 Å². The fourth-order valence-electron chi connectivity index (χ4n) is 1.71. The second-order valence-corrected chi connectivity index (χ2v) is 7.86. The summed E-state index contributed by atoms with van der Waals surface area (Å²) in [7, 11) is -4.04. The molecule has 1 aromatic heterocycles. The van der Waals surface area contributed by atoms with Crippen LogP contribution in [0.2, 0.25) is 4.34 Å². The molecule has 1 unspecified atom stereocenters. The fraction of sp³-hybridized carbons (Fsp3) is 0.444. The number of morpholine rings is 1. The highest BCUT2D eigenvalue weighted by atomic mass is 35.5. The minimum absolute atomic E-state index is 0.0323. The van der Waals surface area contributed by atoms with Gasteiger partial charge < -0.3 is 9.84 Å². The van der Waals surface area contributed by atoms with Crippen LogP contribution in [-0.2, 0) is 19.6 Å². The van der Waals surface area contributed by atoms with Crippen LogP contribution in [0, 0.1) is 10.1 Å². The normalized spacial score (nSPS) is 20.3. The first-order valence-corrected chi connectivity index (χ1v) is 8.15. The first kappa shape index (κ1) is 16.1. The Labute approximate surface area is 127 Å². The molecule has 1 fully saturated rings. The molecular formula is C9H9ClN2O7S2. The average Bonchev–Trinajstić information content (AvgIpc) is 2.82. The van der Waals surface area contributed by atoms with Gasteiger partial charge in [-0.05, 0) is 0 Å². The van der Waals surface area contributed by atoms with Gasteiger partial charge in [-0.2, -0.15) is 4.31 Å². The number of carbonyl (C=O) groups is 1. The van der Waals surface area contributed by atoms with Gasteiger partial charge in [0.15, 0.2) is 10.4 Å². The Morgan fingerprint density at radius 1 is 1.62 bits per heavy atom. The molecule has 0 saturated carbocycles. The van der Waals surface area contributed by atoms with E-state index in [-0.39, 0.29) is 28.2 Å². The number of ether oxygens (including phenoxy) is 1. The lowest BCUT2D eigenvalue weighted by Crippen LogP contribution is -2.48. The first-order valence-electron chi connectivity index (χ1n) is 5.51. The molecule has 1 aliphatic rings. The van der Waals surface area contributed by atoms with Crippen LogP contribution in [0.1, 0.15) is 0 Å². The summed E-state index contributed by atoms with van der Waals surface area (Å²) in [6.45, 7) is -0.464. The Bertz CT molecular complexity index is 686. The van der Waals surface area contributed by atoms with Crippen molar-refractivity contribution < 1.29 is 28.0 Å². The van der Waals surface area contributed by atoms with E-state index in [1.54, 1.807) is 0 Å². The maximum atomic E-state index is 12.4. The van der Waals surface area contributed by atoms with Crippen molar-refractivity contribution in [2.75, 3.05) is 19.7 Å². The van der Waals surface area contributed by atoms with E-state index in [0.29, 0.717) is 11.3 Å². The molecule has 116 valence electrons. The van der Waals surface area contributed by atoms with Gasteiger partial charge >= 0.3 is 5.97 Å². The van der Waals surface area contributed by atoms with Gasteiger partial charge in [-0.3, -0.25) is 10.1 Å². The molecule has 0 aliphatic carbocycles. The quantitative estimate of drug-likeness (QED) is 0.623. The van der Waals surface area contributed by atoms with Gasteiger partial charge in [0.25, 0.3) is 15.7 Å². The standard InChI is InChI=1S/C9H9ClN2O7S2/c10-8-5(12(15)16)3-7(20-8)21(17,18)11-1-2-19-6(4-11)9(13)14/h3,6H,1-2,4H2,(H,13,14). The number of rotatable bonds is 4. The molecule has 1 aromatic rings. The third-order valence-electron chi connectivity index (χ3n) is 2.74. The highest BCUT2D eigenvalue weighted by molar-refractivity contribution is 7.91. The topological polar surface area (TPSA) is 127 Å². The third kappa shape index (κ3) is 3.16. The number of aliphatic carboxylic acids is 1. The van der Waals surface area contributed by atoms with E-state index < -0.39 is 32.7 Å². The first-order chi connectivity index (χ1) is 9.73. The van der Waals surface area contributed by atoms with Crippen molar-refractivity contribution in [3.05, 3.63) is 20.5 Å². The number of thiophene rings is 1. The summed E-state index contributed by atoms with van der Waals surface area (Å²) in [6.07, 6.45) is -1.26. The number of hydrogen-bond donors (Lipinski definition) is 1. The summed E-state index contributed by atoms with van der Waals surface area (Å²) in [5.41, 5.74) is -0.497. The lowest BCUT2D eigenvalue weighted by atomic mass is 10.3. The lowest BCUT2D eigenvalue weighted by molar-refractivity contribution is -0.384. The van der Waals surface area contributed by atoms with Gasteiger partial charge in [-0.25, -0.2) is 13.2 Å². The summed E-state index contributed by atoms with van der Waals surface area (Å²) in [4.78, 5) is 20.8. The van der Waals surface area contributed by atoms with E-state index in [1.807, 2.05) is 0 Å². The Hall–Kier alpha value is -1.27. The molecule has 9 nitrogen and oxygen atoms in total. The van der Waals surface area contributed by atoms with E-state index >= 15 is 0 Å². The smallest absolute Gasteiger partial charge is 0.334 e. The van der Waals surface area contributed by atoms with Crippen molar-refractivity contribution in [1.82, 2.24) is 4.31 Å². The van der Waals surface area contributed by atoms with E-state index in [2.05, 4.69) is 0 Å². The zero-order valence-corrected chi connectivity index (χ0v) is 12.7. The minimum atomic E-state index is -4.04. The molecule has 0 amide bonds. The number of hydrogen-bond acceptors (Lipinski definition) is 7. The van der Waals surface area contributed by atoms with Crippen molar-refractivity contribution in [2.45, 2.75) is 10.3 Å². The minimum Gasteiger partial charge on any atom is -0.479 e. The number of halogens is 1. The van der Waals surface area contributed by atoms with Crippen molar-refractivity contribution in [2.24, 2.45) is 0 Å². The zero-order valence-electron chi connectivity index (χ0n) is 10.3. The summed E-state index contributed by atoms with van der Waals surface area (Å²) < 4.78 is 30.0. The predicted octanol–water partition coefficient (Wildman–Crippen LogP) is 0.784. The SMILES string of the molecule is O=C(O)C1CN(S(=O)(=O)c2cc([N+](=O)[O-])c(Cl)s2)CCO1. The fourth-order valence-corrected chi connectivity index (χ4v) is 4.96. The van der Waals surface area contributed by atoms with Crippen LogP contribution < -0.4 is 0 Å². The van der Waals surface area contributed by atoms with Crippen molar-refractivity contribution in [3.8, 4) is 0 Å². The van der Waals surface area contributed by atoms with Gasteiger partial charge in [-0.1, -0.05) is 11.6 Å². The van der Waals surface area contributed by atoms with Gasteiger partial charge in [0.1, 0.15) is 4.21 Å². The highest BCUT2D eigenvalue weighted by Crippen LogP contribution is 2.37. The summed E-state index contributed by atoms with van der Waals surface area (Å²) in [6, 6.07) is 0.869. The van der Waals surface area contributed by atoms with Crippen molar-refractivity contribution >= 4 is 44.6 Å². The molecule has 2 rings (SSSR count). The van der Waals surface area contributed by atoms with E-state index in [1.165, 1.54) is 0 Å². The van der Waals surface area contributed by atoms with Gasteiger partial charge in [0.2, 0.25) is 0 Å².